The lowest BCUT2D eigenvalue weighted by Gasteiger charge is -2.04. The van der Waals surface area contributed by atoms with Crippen LogP contribution < -0.4 is 11.1 Å². The van der Waals surface area contributed by atoms with Crippen LogP contribution in [0.15, 0.2) is 44.8 Å². The van der Waals surface area contributed by atoms with E-state index in [-0.39, 0.29) is 28.5 Å². The molecule has 0 aliphatic rings. The second kappa shape index (κ2) is 6.00. The fourth-order valence-corrected chi connectivity index (χ4v) is 1.67. The standard InChI is InChI=1S/C14H13N3O4/c1-8-7-11(18)12(14(20)21-8)9(2)16-17-13(19)10-5-3-4-6-15-10/h3-7,18H,1-2H3,(H,17,19)/b16-9+. The molecule has 0 aliphatic heterocycles. The Bertz CT molecular complexity index is 751. The third kappa shape index (κ3) is 3.33. The fourth-order valence-electron chi connectivity index (χ4n) is 1.67. The summed E-state index contributed by atoms with van der Waals surface area (Å²) in [6.07, 6.45) is 1.48. The second-order valence-corrected chi connectivity index (χ2v) is 4.26. The van der Waals surface area contributed by atoms with Crippen molar-refractivity contribution in [2.75, 3.05) is 0 Å². The van der Waals surface area contributed by atoms with Gasteiger partial charge in [-0.3, -0.25) is 9.78 Å². The number of carbonyl (C=O) groups is 1. The molecule has 0 aliphatic carbocycles. The maximum Gasteiger partial charge on any atom is 0.348 e. The number of aryl methyl sites for hydroxylation is 1. The summed E-state index contributed by atoms with van der Waals surface area (Å²) in [5.41, 5.74) is 1.76. The molecular weight excluding hydrogens is 274 g/mol. The number of aromatic hydroxyl groups is 1. The Morgan fingerprint density at radius 3 is 2.81 bits per heavy atom. The van der Waals surface area contributed by atoms with Gasteiger partial charge < -0.3 is 9.52 Å². The molecule has 0 spiro atoms. The summed E-state index contributed by atoms with van der Waals surface area (Å²) in [6, 6.07) is 6.17. The first-order valence-electron chi connectivity index (χ1n) is 6.09. The second-order valence-electron chi connectivity index (χ2n) is 4.26. The summed E-state index contributed by atoms with van der Waals surface area (Å²) in [5.74, 6) is -0.491. The molecular formula is C14H13N3O4. The van der Waals surface area contributed by atoms with Gasteiger partial charge in [0.25, 0.3) is 5.91 Å². The molecule has 2 aromatic heterocycles. The van der Waals surface area contributed by atoms with Gasteiger partial charge >= 0.3 is 5.63 Å². The van der Waals surface area contributed by atoms with Crippen LogP contribution in [0.2, 0.25) is 0 Å². The molecule has 0 bridgehead atoms. The van der Waals surface area contributed by atoms with Crippen LogP contribution in [0.25, 0.3) is 0 Å². The predicted octanol–water partition coefficient (Wildman–Crippen LogP) is 1.20. The van der Waals surface area contributed by atoms with E-state index in [4.69, 9.17) is 4.42 Å². The van der Waals surface area contributed by atoms with E-state index >= 15 is 0 Å². The van der Waals surface area contributed by atoms with Gasteiger partial charge in [-0.25, -0.2) is 10.2 Å². The Morgan fingerprint density at radius 1 is 1.43 bits per heavy atom. The monoisotopic (exact) mass is 287 g/mol. The maximum absolute atomic E-state index is 11.8. The molecule has 21 heavy (non-hydrogen) atoms. The van der Waals surface area contributed by atoms with E-state index in [9.17, 15) is 14.7 Å². The van der Waals surface area contributed by atoms with Crippen LogP contribution in [0.3, 0.4) is 0 Å². The van der Waals surface area contributed by atoms with E-state index in [0.717, 1.165) is 0 Å². The predicted molar refractivity (Wildman–Crippen MR) is 75.3 cm³/mol. The lowest BCUT2D eigenvalue weighted by molar-refractivity contribution is 0.0950. The molecule has 2 N–H and O–H groups in total. The van der Waals surface area contributed by atoms with Gasteiger partial charge in [0.2, 0.25) is 0 Å². The highest BCUT2D eigenvalue weighted by molar-refractivity contribution is 6.01. The number of carbonyl (C=O) groups excluding carboxylic acids is 1. The van der Waals surface area contributed by atoms with Crippen LogP contribution in [-0.2, 0) is 0 Å². The summed E-state index contributed by atoms with van der Waals surface area (Å²) in [5, 5.41) is 13.5. The number of pyridine rings is 1. The highest BCUT2D eigenvalue weighted by Gasteiger charge is 2.13. The van der Waals surface area contributed by atoms with E-state index in [1.54, 1.807) is 19.1 Å². The first-order valence-corrected chi connectivity index (χ1v) is 6.09. The van der Waals surface area contributed by atoms with Crippen molar-refractivity contribution in [2.24, 2.45) is 5.10 Å². The molecule has 2 aromatic rings. The number of amides is 1. The molecule has 0 saturated heterocycles. The number of rotatable bonds is 3. The molecule has 0 aromatic carbocycles. The van der Waals surface area contributed by atoms with Crippen LogP contribution in [-0.4, -0.2) is 21.7 Å². The topological polar surface area (TPSA) is 105 Å². The van der Waals surface area contributed by atoms with Gasteiger partial charge in [0.1, 0.15) is 22.8 Å². The van der Waals surface area contributed by atoms with Gasteiger partial charge in [0.15, 0.2) is 0 Å². The summed E-state index contributed by atoms with van der Waals surface area (Å²) in [7, 11) is 0. The minimum absolute atomic E-state index is 0.0954. The quantitative estimate of drug-likeness (QED) is 0.652. The van der Waals surface area contributed by atoms with Crippen LogP contribution >= 0.6 is 0 Å². The van der Waals surface area contributed by atoms with Crippen LogP contribution in [0.4, 0.5) is 0 Å². The average molecular weight is 287 g/mol. The van der Waals surface area contributed by atoms with Gasteiger partial charge in [0, 0.05) is 12.3 Å². The van der Waals surface area contributed by atoms with Crippen LogP contribution in [0.1, 0.15) is 28.7 Å². The number of hydrogen-bond donors (Lipinski definition) is 2. The van der Waals surface area contributed by atoms with Gasteiger partial charge in [-0.2, -0.15) is 5.10 Å². The molecule has 1 amide bonds. The summed E-state index contributed by atoms with van der Waals surface area (Å²) >= 11 is 0. The van der Waals surface area contributed by atoms with E-state index < -0.39 is 11.5 Å². The third-order valence-electron chi connectivity index (χ3n) is 2.64. The largest absolute Gasteiger partial charge is 0.507 e. The SMILES string of the molecule is C/C(=N\NC(=O)c1ccccn1)c1c(O)cc(C)oc1=O. The maximum atomic E-state index is 11.8. The number of aromatic nitrogens is 1. The molecule has 0 fully saturated rings. The number of hydrazone groups is 1. The molecule has 2 heterocycles. The molecule has 0 unspecified atom stereocenters. The molecule has 108 valence electrons. The van der Waals surface area contributed by atoms with Crippen molar-refractivity contribution < 1.29 is 14.3 Å². The molecule has 7 heteroatoms. The summed E-state index contributed by atoms with van der Waals surface area (Å²) in [4.78, 5) is 27.3. The Kier molecular flexibility index (Phi) is 4.13. The zero-order chi connectivity index (χ0) is 15.4. The third-order valence-corrected chi connectivity index (χ3v) is 2.64. The lowest BCUT2D eigenvalue weighted by Crippen LogP contribution is -2.22. The number of hydrogen-bond acceptors (Lipinski definition) is 6. The Morgan fingerprint density at radius 2 is 2.19 bits per heavy atom. The smallest absolute Gasteiger partial charge is 0.348 e. The Hall–Kier alpha value is -2.96. The van der Waals surface area contributed by atoms with Crippen LogP contribution in [0, 0.1) is 6.92 Å². The lowest BCUT2D eigenvalue weighted by atomic mass is 10.2. The van der Waals surface area contributed by atoms with Crippen LogP contribution in [0.5, 0.6) is 5.75 Å². The molecule has 0 saturated carbocycles. The number of nitrogens with one attached hydrogen (secondary N) is 1. The van der Waals surface area contributed by atoms with Gasteiger partial charge in [-0.15, -0.1) is 0 Å². The fraction of sp³-hybridized carbons (Fsp3) is 0.143. The minimum atomic E-state index is -0.721. The zero-order valence-electron chi connectivity index (χ0n) is 11.5. The first kappa shape index (κ1) is 14.4. The van der Waals surface area contributed by atoms with Crippen molar-refractivity contribution in [3.63, 3.8) is 0 Å². The Balaban J connectivity index is 2.23. The van der Waals surface area contributed by atoms with Crippen molar-refractivity contribution >= 4 is 11.6 Å². The van der Waals surface area contributed by atoms with Crippen molar-refractivity contribution in [3.8, 4) is 5.75 Å². The molecule has 7 nitrogen and oxygen atoms in total. The van der Waals surface area contributed by atoms with Crippen molar-refractivity contribution in [3.05, 3.63) is 57.9 Å². The number of nitrogens with zero attached hydrogens (tertiary/aromatic N) is 2. The van der Waals surface area contributed by atoms with Crippen molar-refractivity contribution in [2.45, 2.75) is 13.8 Å². The zero-order valence-corrected chi connectivity index (χ0v) is 11.5. The van der Waals surface area contributed by atoms with E-state index in [2.05, 4.69) is 15.5 Å². The summed E-state index contributed by atoms with van der Waals surface area (Å²) < 4.78 is 4.88. The molecule has 0 atom stereocenters. The first-order chi connectivity index (χ1) is 9.99. The highest BCUT2D eigenvalue weighted by atomic mass is 16.4. The van der Waals surface area contributed by atoms with Gasteiger partial charge in [-0.05, 0) is 26.0 Å². The Labute approximate surface area is 120 Å². The average Bonchev–Trinajstić information content (AvgIpc) is 2.44. The molecule has 0 radical (unpaired) electrons. The van der Waals surface area contributed by atoms with E-state index in [0.29, 0.717) is 0 Å². The van der Waals surface area contributed by atoms with E-state index in [1.807, 2.05) is 0 Å². The normalized spacial score (nSPS) is 11.2. The van der Waals surface area contributed by atoms with Gasteiger partial charge in [0.05, 0.1) is 5.71 Å². The van der Waals surface area contributed by atoms with Gasteiger partial charge in [-0.1, -0.05) is 6.07 Å². The van der Waals surface area contributed by atoms with Crippen molar-refractivity contribution in [1.82, 2.24) is 10.4 Å². The summed E-state index contributed by atoms with van der Waals surface area (Å²) in [6.45, 7) is 3.01. The molecule has 2 rings (SSSR count). The van der Waals surface area contributed by atoms with Crippen molar-refractivity contribution in [1.29, 1.82) is 0 Å². The minimum Gasteiger partial charge on any atom is -0.507 e. The highest BCUT2D eigenvalue weighted by Crippen LogP contribution is 2.15. The van der Waals surface area contributed by atoms with E-state index in [1.165, 1.54) is 25.3 Å².